The minimum absolute atomic E-state index is 0.0168. The van der Waals surface area contributed by atoms with Gasteiger partial charge in [-0.15, -0.1) is 0 Å². The van der Waals surface area contributed by atoms with Crippen molar-refractivity contribution in [2.24, 2.45) is 0 Å². The highest BCUT2D eigenvalue weighted by atomic mass is 35.5. The number of non-ortho nitro benzene ring substituents is 1. The van der Waals surface area contributed by atoms with Gasteiger partial charge in [-0.1, -0.05) is 23.7 Å². The number of nitro benzene ring substituents is 2. The van der Waals surface area contributed by atoms with Crippen molar-refractivity contribution in [2.75, 3.05) is 6.61 Å². The molecule has 4 rings (SSSR count). The highest BCUT2D eigenvalue weighted by molar-refractivity contribution is 8.18. The standard InChI is InChI=1S/C25H17ClFN3O8S/c1-2-37-22-10-14(6-8-21(22)38-20-9-7-15(29(33)34)12-19(20)30(35)36)11-23-24(31)28(25(32)39-23)13-16-17(26)4-3-5-18(16)27/h3-12H,2,13H2,1H3/b23-11+. The van der Waals surface area contributed by atoms with Crippen molar-refractivity contribution >= 4 is 52.0 Å². The predicted molar refractivity (Wildman–Crippen MR) is 140 cm³/mol. The van der Waals surface area contributed by atoms with E-state index in [1.54, 1.807) is 6.92 Å². The van der Waals surface area contributed by atoms with Gasteiger partial charge < -0.3 is 9.47 Å². The fourth-order valence-corrected chi connectivity index (χ4v) is 4.62. The number of thioether (sulfide) groups is 1. The number of imide groups is 1. The van der Waals surface area contributed by atoms with Gasteiger partial charge in [-0.25, -0.2) is 4.39 Å². The van der Waals surface area contributed by atoms with E-state index in [9.17, 15) is 34.2 Å². The Bertz CT molecular complexity index is 1530. The van der Waals surface area contributed by atoms with Gasteiger partial charge in [-0.2, -0.15) is 0 Å². The minimum atomic E-state index is -0.804. The van der Waals surface area contributed by atoms with Crippen LogP contribution in [0.3, 0.4) is 0 Å². The van der Waals surface area contributed by atoms with Crippen LogP contribution in [0.2, 0.25) is 5.02 Å². The molecule has 0 N–H and O–H groups in total. The van der Waals surface area contributed by atoms with Crippen molar-refractivity contribution in [3.8, 4) is 17.2 Å². The molecule has 0 aromatic heterocycles. The summed E-state index contributed by atoms with van der Waals surface area (Å²) in [5, 5.41) is 21.9. The van der Waals surface area contributed by atoms with Gasteiger partial charge in [0.05, 0.1) is 34.0 Å². The average Bonchev–Trinajstić information content (AvgIpc) is 3.14. The number of nitrogens with zero attached hydrogens (tertiary/aromatic N) is 3. The summed E-state index contributed by atoms with van der Waals surface area (Å²) >= 11 is 6.71. The molecule has 2 amide bonds. The van der Waals surface area contributed by atoms with Gasteiger partial charge in [-0.05, 0) is 60.7 Å². The molecule has 1 aliphatic rings. The number of hydrogen-bond donors (Lipinski definition) is 0. The lowest BCUT2D eigenvalue weighted by molar-refractivity contribution is -0.394. The van der Waals surface area contributed by atoms with Crippen LogP contribution >= 0.6 is 23.4 Å². The molecule has 11 nitrogen and oxygen atoms in total. The van der Waals surface area contributed by atoms with E-state index < -0.39 is 38.2 Å². The lowest BCUT2D eigenvalue weighted by Crippen LogP contribution is -2.28. The molecule has 0 atom stereocenters. The topological polar surface area (TPSA) is 142 Å². The fraction of sp³-hybridized carbons (Fsp3) is 0.120. The molecule has 0 radical (unpaired) electrons. The normalized spacial score (nSPS) is 14.1. The third-order valence-corrected chi connectivity index (χ3v) is 6.65. The Morgan fingerprint density at radius 1 is 1.03 bits per heavy atom. The highest BCUT2D eigenvalue weighted by Crippen LogP contribution is 2.40. The van der Waals surface area contributed by atoms with E-state index in [2.05, 4.69) is 0 Å². The summed E-state index contributed by atoms with van der Waals surface area (Å²) in [5.41, 5.74) is -0.624. The van der Waals surface area contributed by atoms with Crippen LogP contribution in [0.4, 0.5) is 20.6 Å². The van der Waals surface area contributed by atoms with Gasteiger partial charge in [-0.3, -0.25) is 34.7 Å². The summed E-state index contributed by atoms with van der Waals surface area (Å²) in [7, 11) is 0. The zero-order valence-corrected chi connectivity index (χ0v) is 21.5. The number of rotatable bonds is 9. The van der Waals surface area contributed by atoms with Crippen molar-refractivity contribution < 1.29 is 33.3 Å². The van der Waals surface area contributed by atoms with Crippen LogP contribution in [0, 0.1) is 26.0 Å². The Balaban J connectivity index is 1.61. The van der Waals surface area contributed by atoms with Crippen LogP contribution in [0.15, 0.2) is 59.5 Å². The number of benzene rings is 3. The first-order valence-corrected chi connectivity index (χ1v) is 12.3. The molecule has 1 fully saturated rings. The van der Waals surface area contributed by atoms with Crippen LogP contribution in [0.25, 0.3) is 6.08 Å². The van der Waals surface area contributed by atoms with E-state index in [1.807, 2.05) is 0 Å². The molecule has 39 heavy (non-hydrogen) atoms. The third kappa shape index (κ3) is 5.99. The van der Waals surface area contributed by atoms with E-state index in [1.165, 1.54) is 42.5 Å². The van der Waals surface area contributed by atoms with Crippen LogP contribution in [-0.2, 0) is 11.3 Å². The summed E-state index contributed by atoms with van der Waals surface area (Å²) in [4.78, 5) is 47.3. The largest absolute Gasteiger partial charge is 0.490 e. The molecule has 0 spiro atoms. The van der Waals surface area contributed by atoms with Gasteiger partial charge in [0.15, 0.2) is 11.5 Å². The monoisotopic (exact) mass is 573 g/mol. The summed E-state index contributed by atoms with van der Waals surface area (Å²) in [6.07, 6.45) is 1.44. The van der Waals surface area contributed by atoms with Crippen LogP contribution < -0.4 is 9.47 Å². The van der Waals surface area contributed by atoms with Gasteiger partial charge in [0.1, 0.15) is 5.82 Å². The Morgan fingerprint density at radius 2 is 1.77 bits per heavy atom. The minimum Gasteiger partial charge on any atom is -0.490 e. The lowest BCUT2D eigenvalue weighted by atomic mass is 10.1. The van der Waals surface area contributed by atoms with Gasteiger partial charge in [0, 0.05) is 16.7 Å². The molecular weight excluding hydrogens is 557 g/mol. The van der Waals surface area contributed by atoms with Gasteiger partial charge in [0.25, 0.3) is 16.8 Å². The molecule has 3 aromatic carbocycles. The summed E-state index contributed by atoms with van der Waals surface area (Å²) in [6.45, 7) is 1.56. The van der Waals surface area contributed by atoms with Crippen LogP contribution in [-0.4, -0.2) is 32.5 Å². The zero-order valence-electron chi connectivity index (χ0n) is 20.0. The predicted octanol–water partition coefficient (Wildman–Crippen LogP) is 6.72. The van der Waals surface area contributed by atoms with Crippen molar-refractivity contribution in [1.82, 2.24) is 4.90 Å². The van der Waals surface area contributed by atoms with Crippen LogP contribution in [0.5, 0.6) is 17.2 Å². The number of carbonyl (C=O) groups is 2. The maximum absolute atomic E-state index is 14.2. The van der Waals surface area contributed by atoms with Crippen molar-refractivity contribution in [3.05, 3.63) is 102 Å². The molecular formula is C25H17ClFN3O8S. The molecule has 14 heteroatoms. The first-order chi connectivity index (χ1) is 18.6. The first-order valence-electron chi connectivity index (χ1n) is 11.1. The molecule has 1 aliphatic heterocycles. The molecule has 0 aliphatic carbocycles. The quantitative estimate of drug-likeness (QED) is 0.155. The van der Waals surface area contributed by atoms with E-state index in [4.69, 9.17) is 21.1 Å². The molecule has 0 saturated carbocycles. The first kappa shape index (κ1) is 27.5. The molecule has 0 bridgehead atoms. The number of nitro groups is 2. The number of halogens is 2. The fourth-order valence-electron chi connectivity index (χ4n) is 3.56. The molecule has 0 unspecified atom stereocenters. The summed E-state index contributed by atoms with van der Waals surface area (Å²) in [5.74, 6) is -1.28. The van der Waals surface area contributed by atoms with Gasteiger partial charge in [0.2, 0.25) is 5.75 Å². The second kappa shape index (κ2) is 11.5. The summed E-state index contributed by atoms with van der Waals surface area (Å²) in [6, 6.07) is 11.5. The maximum Gasteiger partial charge on any atom is 0.318 e. The molecule has 1 heterocycles. The Hall–Kier alpha value is -4.49. The van der Waals surface area contributed by atoms with Gasteiger partial charge >= 0.3 is 5.69 Å². The van der Waals surface area contributed by atoms with E-state index >= 15 is 0 Å². The molecule has 200 valence electrons. The molecule has 1 saturated heterocycles. The molecule has 3 aromatic rings. The SMILES string of the molecule is CCOc1cc(/C=C2/SC(=O)N(Cc3c(F)cccc3Cl)C2=O)ccc1Oc1ccc([N+](=O)[O-])cc1[N+](=O)[O-]. The number of amides is 2. The van der Waals surface area contributed by atoms with Crippen molar-refractivity contribution in [3.63, 3.8) is 0 Å². The van der Waals surface area contributed by atoms with Crippen molar-refractivity contribution in [1.29, 1.82) is 0 Å². The smallest absolute Gasteiger partial charge is 0.318 e. The lowest BCUT2D eigenvalue weighted by Gasteiger charge is -2.14. The van der Waals surface area contributed by atoms with E-state index in [0.29, 0.717) is 17.3 Å². The number of carbonyl (C=O) groups excluding carboxylic acids is 2. The third-order valence-electron chi connectivity index (χ3n) is 5.39. The highest BCUT2D eigenvalue weighted by Gasteiger charge is 2.36. The van der Waals surface area contributed by atoms with Crippen LogP contribution in [0.1, 0.15) is 18.1 Å². The number of hydrogen-bond acceptors (Lipinski definition) is 9. The van der Waals surface area contributed by atoms with E-state index in [-0.39, 0.29) is 45.9 Å². The average molecular weight is 574 g/mol. The zero-order chi connectivity index (χ0) is 28.3. The Labute approximate surface area is 229 Å². The second-order valence-corrected chi connectivity index (χ2v) is 9.28. The Morgan fingerprint density at radius 3 is 2.44 bits per heavy atom. The van der Waals surface area contributed by atoms with E-state index in [0.717, 1.165) is 23.1 Å². The number of ether oxygens (including phenoxy) is 2. The summed E-state index contributed by atoms with van der Waals surface area (Å²) < 4.78 is 25.4. The maximum atomic E-state index is 14.2. The Kier molecular flexibility index (Phi) is 8.12. The van der Waals surface area contributed by atoms with Crippen molar-refractivity contribution in [2.45, 2.75) is 13.5 Å². The second-order valence-electron chi connectivity index (χ2n) is 7.88.